The fourth-order valence-corrected chi connectivity index (χ4v) is 5.01. The van der Waals surface area contributed by atoms with Crippen molar-refractivity contribution in [3.8, 4) is 5.75 Å². The van der Waals surface area contributed by atoms with Gasteiger partial charge in [0, 0.05) is 49.3 Å². The minimum absolute atomic E-state index is 0.0479. The van der Waals surface area contributed by atoms with Crippen LogP contribution < -0.4 is 10.1 Å². The number of amides is 1. The third kappa shape index (κ3) is 5.93. The summed E-state index contributed by atoms with van der Waals surface area (Å²) >= 11 is 0. The largest absolute Gasteiger partial charge is 0.488 e. The lowest BCUT2D eigenvalue weighted by atomic mass is 10.1. The highest BCUT2D eigenvalue weighted by atomic mass is 19.1. The summed E-state index contributed by atoms with van der Waals surface area (Å²) in [7, 11) is 0. The van der Waals surface area contributed by atoms with E-state index in [-0.39, 0.29) is 18.0 Å². The molecular weight excluding hydrogens is 525 g/mol. The van der Waals surface area contributed by atoms with E-state index in [4.69, 9.17) is 9.47 Å². The number of nitrogens with one attached hydrogen (secondary N) is 1. The van der Waals surface area contributed by atoms with Gasteiger partial charge in [-0.1, -0.05) is 12.1 Å². The molecule has 1 aliphatic heterocycles. The van der Waals surface area contributed by atoms with Crippen molar-refractivity contribution in [3.63, 3.8) is 0 Å². The van der Waals surface area contributed by atoms with Gasteiger partial charge < -0.3 is 19.7 Å². The van der Waals surface area contributed by atoms with Gasteiger partial charge in [-0.05, 0) is 56.7 Å². The highest BCUT2D eigenvalue weighted by Gasteiger charge is 2.28. The summed E-state index contributed by atoms with van der Waals surface area (Å²) in [5.74, 6) is 1.02. The van der Waals surface area contributed by atoms with Gasteiger partial charge in [-0.3, -0.25) is 4.68 Å². The van der Waals surface area contributed by atoms with Crippen LogP contribution in [0.25, 0.3) is 16.4 Å². The maximum absolute atomic E-state index is 13.6. The Morgan fingerprint density at radius 3 is 2.71 bits per heavy atom. The number of anilines is 2. The Morgan fingerprint density at radius 1 is 1.10 bits per heavy atom. The fraction of sp³-hybridized carbons (Fsp3) is 0.333. The molecule has 0 radical (unpaired) electrons. The molecule has 0 bridgehead atoms. The van der Waals surface area contributed by atoms with Crippen molar-refractivity contribution < 1.29 is 18.7 Å². The van der Waals surface area contributed by atoms with Crippen molar-refractivity contribution in [1.82, 2.24) is 29.3 Å². The molecule has 0 spiro atoms. The van der Waals surface area contributed by atoms with E-state index in [1.165, 1.54) is 18.5 Å². The summed E-state index contributed by atoms with van der Waals surface area (Å²) in [6, 6.07) is 14.4. The summed E-state index contributed by atoms with van der Waals surface area (Å²) in [4.78, 5) is 18.7. The van der Waals surface area contributed by atoms with Gasteiger partial charge in [-0.15, -0.1) is 0 Å². The van der Waals surface area contributed by atoms with Gasteiger partial charge in [0.05, 0.1) is 18.3 Å². The second kappa shape index (κ2) is 10.7. The van der Waals surface area contributed by atoms with E-state index in [0.29, 0.717) is 44.0 Å². The Kier molecular flexibility index (Phi) is 6.94. The molecule has 1 fully saturated rings. The number of aromatic nitrogens is 5. The molecule has 6 rings (SSSR count). The van der Waals surface area contributed by atoms with Crippen molar-refractivity contribution in [3.05, 3.63) is 78.6 Å². The molecule has 212 valence electrons. The smallest absolute Gasteiger partial charge is 0.410 e. The van der Waals surface area contributed by atoms with Gasteiger partial charge in [-0.25, -0.2) is 18.7 Å². The molecule has 2 aromatic carbocycles. The number of rotatable bonds is 6. The van der Waals surface area contributed by atoms with Crippen LogP contribution >= 0.6 is 0 Å². The monoisotopic (exact) mass is 557 g/mol. The summed E-state index contributed by atoms with van der Waals surface area (Å²) < 4.78 is 29.1. The first-order valence-corrected chi connectivity index (χ1v) is 13.7. The number of fused-ring (bicyclic) bond motifs is 2. The second-order valence-corrected chi connectivity index (χ2v) is 11.2. The van der Waals surface area contributed by atoms with Crippen LogP contribution in [0.1, 0.15) is 39.2 Å². The number of halogens is 1. The Bertz CT molecular complexity index is 1700. The minimum Gasteiger partial charge on any atom is -0.488 e. The van der Waals surface area contributed by atoms with Crippen molar-refractivity contribution >= 4 is 34.0 Å². The summed E-state index contributed by atoms with van der Waals surface area (Å²) in [6.07, 6.45) is 6.19. The standard InChI is InChI=1S/C30H32FN7O3/c1-30(2,3)41-29(39)36-12-9-24(10-13-36)40-26-11-14-37-27(26)28(32-19-34-37)35-23-7-8-25-21(16-23)17-33-38(25)18-20-5-4-6-22(31)15-20/h4-8,11,14-17,19,24H,9-10,12-13,18H2,1-3H3,(H,32,34,35). The van der Waals surface area contributed by atoms with E-state index in [9.17, 15) is 9.18 Å². The molecule has 0 unspecified atom stereocenters. The van der Waals surface area contributed by atoms with Crippen molar-refractivity contribution in [2.24, 2.45) is 0 Å². The molecule has 0 aliphatic carbocycles. The number of hydrogen-bond donors (Lipinski definition) is 1. The van der Waals surface area contributed by atoms with E-state index in [1.54, 1.807) is 21.7 Å². The molecule has 1 saturated heterocycles. The number of carbonyl (C=O) groups is 1. The lowest BCUT2D eigenvalue weighted by Crippen LogP contribution is -2.44. The predicted molar refractivity (Wildman–Crippen MR) is 153 cm³/mol. The number of likely N-dealkylation sites (tertiary alicyclic amines) is 1. The maximum atomic E-state index is 13.6. The zero-order valence-electron chi connectivity index (χ0n) is 23.2. The first-order valence-electron chi connectivity index (χ1n) is 13.7. The highest BCUT2D eigenvalue weighted by Crippen LogP contribution is 2.31. The Labute approximate surface area is 236 Å². The minimum atomic E-state index is -0.521. The van der Waals surface area contributed by atoms with Crippen LogP contribution in [0.15, 0.2) is 67.3 Å². The number of piperidine rings is 1. The predicted octanol–water partition coefficient (Wildman–Crippen LogP) is 5.79. The zero-order valence-corrected chi connectivity index (χ0v) is 23.2. The van der Waals surface area contributed by atoms with Gasteiger partial charge in [0.25, 0.3) is 0 Å². The Hall–Kier alpha value is -4.67. The first kappa shape index (κ1) is 26.5. The molecule has 0 saturated carbocycles. The van der Waals surface area contributed by atoms with Crippen LogP contribution in [0.4, 0.5) is 20.7 Å². The lowest BCUT2D eigenvalue weighted by Gasteiger charge is -2.33. The third-order valence-corrected chi connectivity index (χ3v) is 6.93. The van der Waals surface area contributed by atoms with Crippen LogP contribution in [-0.2, 0) is 11.3 Å². The van der Waals surface area contributed by atoms with E-state index < -0.39 is 5.60 Å². The third-order valence-electron chi connectivity index (χ3n) is 6.93. The maximum Gasteiger partial charge on any atom is 0.410 e. The Balaban J connectivity index is 1.16. The van der Waals surface area contributed by atoms with Gasteiger partial charge in [-0.2, -0.15) is 10.2 Å². The number of nitrogens with zero attached hydrogens (tertiary/aromatic N) is 6. The molecule has 1 aliphatic rings. The van der Waals surface area contributed by atoms with E-state index in [1.807, 2.05) is 62.0 Å². The van der Waals surface area contributed by atoms with Crippen LogP contribution in [0.2, 0.25) is 0 Å². The second-order valence-electron chi connectivity index (χ2n) is 11.2. The molecule has 5 aromatic rings. The van der Waals surface area contributed by atoms with E-state index in [0.717, 1.165) is 27.7 Å². The quantitative estimate of drug-likeness (QED) is 0.282. The van der Waals surface area contributed by atoms with E-state index in [2.05, 4.69) is 20.5 Å². The number of hydrogen-bond acceptors (Lipinski definition) is 7. The molecule has 1 amide bonds. The van der Waals surface area contributed by atoms with E-state index >= 15 is 0 Å². The molecule has 11 heteroatoms. The molecule has 1 N–H and O–H groups in total. The molecule has 3 aromatic heterocycles. The fourth-order valence-electron chi connectivity index (χ4n) is 5.01. The average Bonchev–Trinajstić information content (AvgIpc) is 3.52. The summed E-state index contributed by atoms with van der Waals surface area (Å²) in [6.45, 7) is 7.22. The van der Waals surface area contributed by atoms with Gasteiger partial charge in [0.2, 0.25) is 0 Å². The zero-order chi connectivity index (χ0) is 28.6. The van der Waals surface area contributed by atoms with Crippen LogP contribution in [0, 0.1) is 5.82 Å². The van der Waals surface area contributed by atoms with Gasteiger partial charge in [0.15, 0.2) is 11.6 Å². The number of carbonyl (C=O) groups excluding carboxylic acids is 1. The van der Waals surface area contributed by atoms with Crippen molar-refractivity contribution in [1.29, 1.82) is 0 Å². The van der Waals surface area contributed by atoms with Crippen LogP contribution in [0.3, 0.4) is 0 Å². The molecular formula is C30H32FN7O3. The number of ether oxygens (including phenoxy) is 2. The topological polar surface area (TPSA) is 98.8 Å². The molecule has 10 nitrogen and oxygen atoms in total. The normalized spacial score (nSPS) is 14.5. The first-order chi connectivity index (χ1) is 19.7. The molecule has 41 heavy (non-hydrogen) atoms. The molecule has 0 atom stereocenters. The van der Waals surface area contributed by atoms with Crippen molar-refractivity contribution in [2.45, 2.75) is 51.9 Å². The summed E-state index contributed by atoms with van der Waals surface area (Å²) in [5.41, 5.74) is 2.83. The van der Waals surface area contributed by atoms with Gasteiger partial charge >= 0.3 is 6.09 Å². The summed E-state index contributed by atoms with van der Waals surface area (Å²) in [5, 5.41) is 13.2. The van der Waals surface area contributed by atoms with Crippen molar-refractivity contribution in [2.75, 3.05) is 18.4 Å². The van der Waals surface area contributed by atoms with Crippen LogP contribution in [-0.4, -0.2) is 60.2 Å². The Morgan fingerprint density at radius 2 is 1.93 bits per heavy atom. The average molecular weight is 558 g/mol. The van der Waals surface area contributed by atoms with Gasteiger partial charge in [0.1, 0.15) is 29.4 Å². The lowest BCUT2D eigenvalue weighted by molar-refractivity contribution is 0.0128. The van der Waals surface area contributed by atoms with Crippen LogP contribution in [0.5, 0.6) is 5.75 Å². The highest BCUT2D eigenvalue weighted by molar-refractivity contribution is 5.86. The molecule has 4 heterocycles. The SMILES string of the molecule is CC(C)(C)OC(=O)N1CCC(Oc2ccn3ncnc(Nc4ccc5c(cnn5Cc5cccc(F)c5)c4)c23)CC1. The number of benzene rings is 2.